The summed E-state index contributed by atoms with van der Waals surface area (Å²) in [5, 5.41) is 0.190. The van der Waals surface area contributed by atoms with Gasteiger partial charge in [0.1, 0.15) is 41.0 Å². The van der Waals surface area contributed by atoms with E-state index in [0.29, 0.717) is 18.9 Å². The maximum absolute atomic E-state index is 14.5. The summed E-state index contributed by atoms with van der Waals surface area (Å²) in [5.74, 6) is -3.18. The molecular formula is C29H34F3NO5. The van der Waals surface area contributed by atoms with E-state index in [0.717, 1.165) is 22.8 Å². The van der Waals surface area contributed by atoms with Crippen molar-refractivity contribution < 1.29 is 37.0 Å². The molecule has 38 heavy (non-hydrogen) atoms. The molecule has 0 fully saturated rings. The summed E-state index contributed by atoms with van der Waals surface area (Å²) < 4.78 is 59.6. The second kappa shape index (κ2) is 11.5. The fraction of sp³-hybridized carbons (Fsp3) is 0.448. The highest BCUT2D eigenvalue weighted by atomic mass is 19.1. The third-order valence-corrected chi connectivity index (χ3v) is 5.78. The molecule has 0 saturated carbocycles. The van der Waals surface area contributed by atoms with Gasteiger partial charge in [0.15, 0.2) is 0 Å². The third-order valence-electron chi connectivity index (χ3n) is 5.78. The highest BCUT2D eigenvalue weighted by Gasteiger charge is 2.27. The molecule has 1 aromatic heterocycles. The first-order valence-corrected chi connectivity index (χ1v) is 12.4. The minimum atomic E-state index is -0.864. The maximum atomic E-state index is 14.5. The van der Waals surface area contributed by atoms with Crippen molar-refractivity contribution in [3.05, 3.63) is 65.1 Å². The van der Waals surface area contributed by atoms with Crippen LogP contribution in [0.5, 0.6) is 5.75 Å². The van der Waals surface area contributed by atoms with Gasteiger partial charge < -0.3 is 14.2 Å². The first kappa shape index (κ1) is 29.1. The normalized spacial score (nSPS) is 12.0. The topological polar surface area (TPSA) is 66.8 Å². The van der Waals surface area contributed by atoms with Crippen molar-refractivity contribution in [3.63, 3.8) is 0 Å². The molecule has 0 radical (unpaired) electrons. The average molecular weight is 534 g/mol. The Hall–Kier alpha value is -3.49. The molecule has 0 spiro atoms. The van der Waals surface area contributed by atoms with Gasteiger partial charge in [-0.1, -0.05) is 41.5 Å². The zero-order valence-electron chi connectivity index (χ0n) is 22.6. The highest BCUT2D eigenvalue weighted by molar-refractivity contribution is 6.03. The number of nitrogens with zero attached hydrogens (tertiary/aromatic N) is 1. The molecule has 206 valence electrons. The van der Waals surface area contributed by atoms with Gasteiger partial charge in [0, 0.05) is 23.1 Å². The number of benzene rings is 2. The largest absolute Gasteiger partial charge is 0.486 e. The van der Waals surface area contributed by atoms with Crippen molar-refractivity contribution >= 4 is 23.0 Å². The summed E-state index contributed by atoms with van der Waals surface area (Å²) in [6, 6.07) is 6.49. The van der Waals surface area contributed by atoms with Crippen LogP contribution in [0.2, 0.25) is 0 Å². The van der Waals surface area contributed by atoms with Gasteiger partial charge in [0.05, 0.1) is 13.2 Å². The van der Waals surface area contributed by atoms with Gasteiger partial charge in [0.2, 0.25) is 0 Å². The lowest BCUT2D eigenvalue weighted by atomic mass is 9.93. The Balaban J connectivity index is 2.01. The Morgan fingerprint density at radius 3 is 2.05 bits per heavy atom. The monoisotopic (exact) mass is 533 g/mol. The van der Waals surface area contributed by atoms with Crippen LogP contribution in [0.4, 0.5) is 18.0 Å². The second-order valence-electron chi connectivity index (χ2n) is 11.6. The number of halogens is 3. The number of rotatable bonds is 8. The van der Waals surface area contributed by atoms with Crippen molar-refractivity contribution in [3.8, 4) is 5.75 Å². The van der Waals surface area contributed by atoms with Gasteiger partial charge in [-0.05, 0) is 47.9 Å². The van der Waals surface area contributed by atoms with Gasteiger partial charge in [-0.25, -0.2) is 27.3 Å². The number of carbonyl (C=O) groups excluding carboxylic acids is 2. The lowest BCUT2D eigenvalue weighted by Crippen LogP contribution is -2.23. The van der Waals surface area contributed by atoms with E-state index in [2.05, 4.69) is 0 Å². The highest BCUT2D eigenvalue weighted by Crippen LogP contribution is 2.32. The minimum absolute atomic E-state index is 0.0245. The molecule has 6 nitrogen and oxygen atoms in total. The first-order valence-electron chi connectivity index (χ1n) is 12.4. The summed E-state index contributed by atoms with van der Waals surface area (Å²) in [4.78, 5) is 26.3. The maximum Gasteiger partial charge on any atom is 0.419 e. The molecule has 2 aromatic carbocycles. The van der Waals surface area contributed by atoms with E-state index in [9.17, 15) is 22.8 Å². The fourth-order valence-corrected chi connectivity index (χ4v) is 3.55. The van der Waals surface area contributed by atoms with E-state index in [4.69, 9.17) is 14.2 Å². The SMILES string of the molecule is CC(C)(C)CCOC(=O)c1cc2cc(F)cc(OCc3ccc(F)cc3F)c2n1C(=O)OCCC(C)(C)C. The van der Waals surface area contributed by atoms with E-state index >= 15 is 0 Å². The second-order valence-corrected chi connectivity index (χ2v) is 11.6. The van der Waals surface area contributed by atoms with Crippen LogP contribution in [0, 0.1) is 28.3 Å². The smallest absolute Gasteiger partial charge is 0.419 e. The number of fused-ring (bicyclic) bond motifs is 1. The van der Waals surface area contributed by atoms with E-state index < -0.39 is 29.5 Å². The predicted molar refractivity (Wildman–Crippen MR) is 138 cm³/mol. The van der Waals surface area contributed by atoms with Gasteiger partial charge >= 0.3 is 12.1 Å². The van der Waals surface area contributed by atoms with Crippen LogP contribution < -0.4 is 4.74 Å². The van der Waals surface area contributed by atoms with Crippen molar-refractivity contribution in [2.45, 2.75) is 61.0 Å². The van der Waals surface area contributed by atoms with Gasteiger partial charge in [-0.3, -0.25) is 0 Å². The molecule has 0 saturated heterocycles. The summed E-state index contributed by atoms with van der Waals surface area (Å²) in [6.07, 6.45) is 0.281. The number of aromatic nitrogens is 1. The number of ether oxygens (including phenoxy) is 3. The minimum Gasteiger partial charge on any atom is -0.486 e. The number of carbonyl (C=O) groups is 2. The molecule has 0 bridgehead atoms. The van der Waals surface area contributed by atoms with Crippen molar-refractivity contribution in [1.82, 2.24) is 4.57 Å². The molecule has 9 heteroatoms. The first-order chi connectivity index (χ1) is 17.6. The molecule has 1 heterocycles. The molecule has 0 aliphatic carbocycles. The number of hydrogen-bond acceptors (Lipinski definition) is 5. The van der Waals surface area contributed by atoms with Crippen LogP contribution in [0.1, 0.15) is 70.4 Å². The van der Waals surface area contributed by atoms with Gasteiger partial charge in [-0.15, -0.1) is 0 Å². The lowest BCUT2D eigenvalue weighted by molar-refractivity contribution is 0.0450. The van der Waals surface area contributed by atoms with Gasteiger partial charge in [-0.2, -0.15) is 0 Å². The fourth-order valence-electron chi connectivity index (χ4n) is 3.55. The molecule has 3 rings (SSSR count). The van der Waals surface area contributed by atoms with Crippen molar-refractivity contribution in [2.24, 2.45) is 10.8 Å². The zero-order chi connectivity index (χ0) is 28.3. The number of esters is 1. The Morgan fingerprint density at radius 2 is 1.45 bits per heavy atom. The predicted octanol–water partition coefficient (Wildman–Crippen LogP) is 7.65. The molecule has 0 amide bonds. The summed E-state index contributed by atoms with van der Waals surface area (Å²) in [6.45, 7) is 11.8. The van der Waals surface area contributed by atoms with Crippen LogP contribution in [0.15, 0.2) is 36.4 Å². The Bertz CT molecular complexity index is 1320. The molecule has 3 aromatic rings. The zero-order valence-corrected chi connectivity index (χ0v) is 22.6. The van der Waals surface area contributed by atoms with Crippen LogP contribution in [0.3, 0.4) is 0 Å². The van der Waals surface area contributed by atoms with Crippen LogP contribution >= 0.6 is 0 Å². The quantitative estimate of drug-likeness (QED) is 0.278. The van der Waals surface area contributed by atoms with Crippen molar-refractivity contribution in [2.75, 3.05) is 13.2 Å². The lowest BCUT2D eigenvalue weighted by Gasteiger charge is -2.19. The summed E-state index contributed by atoms with van der Waals surface area (Å²) in [7, 11) is 0. The van der Waals surface area contributed by atoms with Crippen molar-refractivity contribution in [1.29, 1.82) is 0 Å². The number of hydrogen-bond donors (Lipinski definition) is 0. The van der Waals surface area contributed by atoms with E-state index in [-0.39, 0.29) is 58.6 Å². The van der Waals surface area contributed by atoms with E-state index in [1.54, 1.807) is 0 Å². The standard InChI is InChI=1S/C29H34F3NO5/c1-28(2,3)9-11-36-26(34)23-14-19-13-21(31)16-24(38-17-18-7-8-20(30)15-22(18)32)25(19)33(23)27(35)37-12-10-29(4,5)6/h7-8,13-16H,9-12,17H2,1-6H3. The molecule has 0 N–H and O–H groups in total. The Morgan fingerprint density at radius 1 is 0.816 bits per heavy atom. The van der Waals surface area contributed by atoms with Crippen LogP contribution in [-0.2, 0) is 16.1 Å². The molecule has 0 unspecified atom stereocenters. The third kappa shape index (κ3) is 7.76. The summed E-state index contributed by atoms with van der Waals surface area (Å²) >= 11 is 0. The molecule has 0 aliphatic rings. The van der Waals surface area contributed by atoms with E-state index in [1.165, 1.54) is 12.1 Å². The van der Waals surface area contributed by atoms with Crippen LogP contribution in [-0.4, -0.2) is 29.8 Å². The van der Waals surface area contributed by atoms with Gasteiger partial charge in [0.25, 0.3) is 0 Å². The average Bonchev–Trinajstić information content (AvgIpc) is 3.16. The van der Waals surface area contributed by atoms with Crippen LogP contribution in [0.25, 0.3) is 10.9 Å². The molecular weight excluding hydrogens is 499 g/mol. The Kier molecular flexibility index (Phi) is 8.79. The molecule has 0 aliphatic heterocycles. The summed E-state index contributed by atoms with van der Waals surface area (Å²) in [5.41, 5.74) is -0.254. The van der Waals surface area contributed by atoms with E-state index in [1.807, 2.05) is 41.5 Å². The molecule has 0 atom stereocenters. The Labute approximate surface area is 220 Å².